The van der Waals surface area contributed by atoms with Gasteiger partial charge in [-0.3, -0.25) is 4.79 Å². The number of aliphatic hydroxyl groups is 1. The highest BCUT2D eigenvalue weighted by atomic mass is 16.3. The summed E-state index contributed by atoms with van der Waals surface area (Å²) in [5.74, 6) is 0.789. The van der Waals surface area contributed by atoms with E-state index in [4.69, 9.17) is 0 Å². The topological polar surface area (TPSA) is 67.2 Å². The third kappa shape index (κ3) is 4.93. The fourth-order valence-electron chi connectivity index (χ4n) is 2.45. The van der Waals surface area contributed by atoms with Gasteiger partial charge in [0.1, 0.15) is 5.82 Å². The molecule has 1 aromatic heterocycles. The Morgan fingerprint density at radius 3 is 2.88 bits per heavy atom. The maximum Gasteiger partial charge on any atom is 0.226 e. The first-order valence-electron chi connectivity index (χ1n) is 8.60. The Kier molecular flexibility index (Phi) is 6.55. The van der Waals surface area contributed by atoms with Crippen molar-refractivity contribution in [1.29, 1.82) is 0 Å². The van der Waals surface area contributed by atoms with E-state index in [1.807, 2.05) is 44.3 Å². The fraction of sp³-hybridized carbons (Fsp3) is 0.474. The molecule has 0 saturated heterocycles. The van der Waals surface area contributed by atoms with Gasteiger partial charge in [0.05, 0.1) is 12.5 Å². The number of rotatable bonds is 8. The molecule has 0 aliphatic carbocycles. The number of unbranched alkanes of at least 4 members (excludes halogenated alkanes) is 1. The number of hydrogen-bond donors (Lipinski definition) is 2. The summed E-state index contributed by atoms with van der Waals surface area (Å²) in [4.78, 5) is 16.5. The van der Waals surface area contributed by atoms with Crippen molar-refractivity contribution in [2.45, 2.75) is 52.7 Å². The highest BCUT2D eigenvalue weighted by Crippen LogP contribution is 2.22. The lowest BCUT2D eigenvalue weighted by atomic mass is 10.0. The Balaban J connectivity index is 2.09. The number of hydrogen-bond acceptors (Lipinski definition) is 3. The van der Waals surface area contributed by atoms with Crippen molar-refractivity contribution in [2.75, 3.05) is 5.32 Å². The van der Waals surface area contributed by atoms with Gasteiger partial charge in [0.15, 0.2) is 0 Å². The van der Waals surface area contributed by atoms with Gasteiger partial charge in [-0.1, -0.05) is 39.3 Å². The molecule has 1 atom stereocenters. The summed E-state index contributed by atoms with van der Waals surface area (Å²) in [5, 5.41) is 12.7. The molecule has 0 radical (unpaired) electrons. The number of aryl methyl sites for hydroxylation is 1. The molecule has 0 spiro atoms. The summed E-state index contributed by atoms with van der Waals surface area (Å²) in [6.45, 7) is 6.89. The smallest absolute Gasteiger partial charge is 0.226 e. The zero-order valence-electron chi connectivity index (χ0n) is 14.7. The van der Waals surface area contributed by atoms with E-state index < -0.39 is 6.10 Å². The summed E-state index contributed by atoms with van der Waals surface area (Å²) in [5.41, 5.74) is 1.69. The van der Waals surface area contributed by atoms with Gasteiger partial charge in [-0.2, -0.15) is 0 Å². The Hall–Kier alpha value is -2.14. The summed E-state index contributed by atoms with van der Waals surface area (Å²) < 4.78 is 2.13. The normalized spacial score (nSPS) is 12.4. The molecule has 0 aliphatic heterocycles. The van der Waals surface area contributed by atoms with Crippen LogP contribution >= 0.6 is 0 Å². The van der Waals surface area contributed by atoms with Gasteiger partial charge in [0.25, 0.3) is 0 Å². The standard InChI is InChI=1S/C19H27N3O2/c1-4-5-10-22-11-9-20-19(22)15-7-6-8-16(12-15)21-18(24)13-17(23)14(2)3/h6-9,11-12,14,17,23H,4-5,10,13H2,1-3H3,(H,21,24). The number of imidazole rings is 1. The highest BCUT2D eigenvalue weighted by molar-refractivity contribution is 5.91. The molecule has 0 fully saturated rings. The third-order valence-corrected chi connectivity index (χ3v) is 4.04. The average Bonchev–Trinajstić information content (AvgIpc) is 3.01. The predicted octanol–water partition coefficient (Wildman–Crippen LogP) is 3.70. The van der Waals surface area contributed by atoms with Gasteiger partial charge >= 0.3 is 0 Å². The van der Waals surface area contributed by atoms with Gasteiger partial charge in [-0.15, -0.1) is 0 Å². The first kappa shape index (κ1) is 18.2. The van der Waals surface area contributed by atoms with E-state index >= 15 is 0 Å². The lowest BCUT2D eigenvalue weighted by Gasteiger charge is -2.14. The Morgan fingerprint density at radius 2 is 2.17 bits per heavy atom. The molecule has 1 aromatic carbocycles. The number of aliphatic hydroxyl groups excluding tert-OH is 1. The van der Waals surface area contributed by atoms with Crippen LogP contribution in [-0.4, -0.2) is 26.7 Å². The van der Waals surface area contributed by atoms with Crippen LogP contribution in [0, 0.1) is 5.92 Å². The van der Waals surface area contributed by atoms with Crippen molar-refractivity contribution >= 4 is 11.6 Å². The molecule has 0 bridgehead atoms. The van der Waals surface area contributed by atoms with E-state index in [9.17, 15) is 9.90 Å². The lowest BCUT2D eigenvalue weighted by molar-refractivity contribution is -0.118. The second-order valence-corrected chi connectivity index (χ2v) is 6.44. The van der Waals surface area contributed by atoms with Crippen molar-refractivity contribution < 1.29 is 9.90 Å². The molecule has 1 heterocycles. The average molecular weight is 329 g/mol. The van der Waals surface area contributed by atoms with E-state index in [1.54, 1.807) is 6.20 Å². The molecule has 2 rings (SSSR count). The van der Waals surface area contributed by atoms with Gasteiger partial charge in [0.2, 0.25) is 5.91 Å². The summed E-state index contributed by atoms with van der Waals surface area (Å²) in [6, 6.07) is 7.67. The minimum absolute atomic E-state index is 0.0631. The van der Waals surface area contributed by atoms with Crippen molar-refractivity contribution in [1.82, 2.24) is 9.55 Å². The molecule has 5 nitrogen and oxygen atoms in total. The Labute approximate surface area is 143 Å². The van der Waals surface area contributed by atoms with E-state index in [0.29, 0.717) is 0 Å². The molecule has 0 aliphatic rings. The second kappa shape index (κ2) is 8.64. The Bertz CT molecular complexity index is 664. The number of carbonyl (C=O) groups is 1. The van der Waals surface area contributed by atoms with Crippen molar-refractivity contribution in [3.05, 3.63) is 36.7 Å². The molecular formula is C19H27N3O2. The van der Waals surface area contributed by atoms with Crippen LogP contribution in [0.4, 0.5) is 5.69 Å². The SMILES string of the molecule is CCCCn1ccnc1-c1cccc(NC(=O)CC(O)C(C)C)c1. The molecule has 2 N–H and O–H groups in total. The van der Waals surface area contributed by atoms with Crippen LogP contribution in [0.5, 0.6) is 0 Å². The molecule has 24 heavy (non-hydrogen) atoms. The van der Waals surface area contributed by atoms with Crippen LogP contribution < -0.4 is 5.32 Å². The summed E-state index contributed by atoms with van der Waals surface area (Å²) in [6.07, 6.45) is 5.50. The quantitative estimate of drug-likeness (QED) is 0.776. The van der Waals surface area contributed by atoms with Gasteiger partial charge in [-0.05, 0) is 24.5 Å². The van der Waals surface area contributed by atoms with Crippen LogP contribution in [0.15, 0.2) is 36.7 Å². The largest absolute Gasteiger partial charge is 0.392 e. The molecular weight excluding hydrogens is 302 g/mol. The minimum atomic E-state index is -0.624. The van der Waals surface area contributed by atoms with Crippen LogP contribution in [0.3, 0.4) is 0 Å². The van der Waals surface area contributed by atoms with E-state index in [1.165, 1.54) is 0 Å². The van der Waals surface area contributed by atoms with E-state index in [0.717, 1.165) is 36.5 Å². The molecule has 5 heteroatoms. The van der Waals surface area contributed by atoms with Gasteiger partial charge < -0.3 is 15.0 Å². The maximum atomic E-state index is 12.0. The first-order chi connectivity index (χ1) is 11.5. The molecule has 130 valence electrons. The lowest BCUT2D eigenvalue weighted by Crippen LogP contribution is -2.23. The van der Waals surface area contributed by atoms with Gasteiger partial charge in [-0.25, -0.2) is 4.98 Å². The number of benzene rings is 1. The number of carbonyl (C=O) groups excluding carboxylic acids is 1. The number of aromatic nitrogens is 2. The zero-order valence-corrected chi connectivity index (χ0v) is 14.7. The maximum absolute atomic E-state index is 12.0. The van der Waals surface area contributed by atoms with Crippen LogP contribution in [0.25, 0.3) is 11.4 Å². The zero-order chi connectivity index (χ0) is 17.5. The molecule has 2 aromatic rings. The van der Waals surface area contributed by atoms with Crippen molar-refractivity contribution in [3.63, 3.8) is 0 Å². The monoisotopic (exact) mass is 329 g/mol. The molecule has 1 unspecified atom stereocenters. The van der Waals surface area contributed by atoms with E-state index in [2.05, 4.69) is 21.8 Å². The van der Waals surface area contributed by atoms with Crippen LogP contribution in [0.2, 0.25) is 0 Å². The number of nitrogens with zero attached hydrogens (tertiary/aromatic N) is 2. The van der Waals surface area contributed by atoms with Crippen LogP contribution in [-0.2, 0) is 11.3 Å². The van der Waals surface area contributed by atoms with Gasteiger partial charge in [0, 0.05) is 30.2 Å². The number of amides is 1. The second-order valence-electron chi connectivity index (χ2n) is 6.44. The summed E-state index contributed by atoms with van der Waals surface area (Å²) in [7, 11) is 0. The minimum Gasteiger partial charge on any atom is -0.392 e. The number of nitrogens with one attached hydrogen (secondary N) is 1. The van der Waals surface area contributed by atoms with Crippen molar-refractivity contribution in [3.8, 4) is 11.4 Å². The van der Waals surface area contributed by atoms with E-state index in [-0.39, 0.29) is 18.2 Å². The fourth-order valence-corrected chi connectivity index (χ4v) is 2.45. The first-order valence-corrected chi connectivity index (χ1v) is 8.60. The van der Waals surface area contributed by atoms with Crippen molar-refractivity contribution in [2.24, 2.45) is 5.92 Å². The van der Waals surface area contributed by atoms with Crippen LogP contribution in [0.1, 0.15) is 40.0 Å². The molecule has 0 saturated carbocycles. The third-order valence-electron chi connectivity index (χ3n) is 4.04. The Morgan fingerprint density at radius 1 is 1.38 bits per heavy atom. The summed E-state index contributed by atoms with van der Waals surface area (Å²) >= 11 is 0. The number of anilines is 1. The predicted molar refractivity (Wildman–Crippen MR) is 96.7 cm³/mol. The highest BCUT2D eigenvalue weighted by Gasteiger charge is 2.15. The molecule has 1 amide bonds.